The summed E-state index contributed by atoms with van der Waals surface area (Å²) in [7, 11) is 3.29. The van der Waals surface area contributed by atoms with E-state index < -0.39 is 108 Å². The number of rotatable bonds is 13. The van der Waals surface area contributed by atoms with Gasteiger partial charge in [0.25, 0.3) is 0 Å². The molecule has 66 heavy (non-hydrogen) atoms. The first-order valence-electron chi connectivity index (χ1n) is 23.1. The second-order valence-electron chi connectivity index (χ2n) is 19.1. The van der Waals surface area contributed by atoms with E-state index in [0.29, 0.717) is 6.54 Å². The van der Waals surface area contributed by atoms with Crippen molar-refractivity contribution in [1.29, 1.82) is 0 Å². The number of hydrogen-bond acceptors (Lipinski definition) is 15. The van der Waals surface area contributed by atoms with Crippen molar-refractivity contribution in [3.05, 3.63) is 71.8 Å². The van der Waals surface area contributed by atoms with Crippen molar-refractivity contribution in [1.82, 2.24) is 15.1 Å². The predicted molar refractivity (Wildman–Crippen MR) is 243 cm³/mol. The first-order chi connectivity index (χ1) is 31.0. The summed E-state index contributed by atoms with van der Waals surface area (Å²) in [6, 6.07) is 15.3. The Bertz CT molecular complexity index is 1850. The van der Waals surface area contributed by atoms with E-state index in [-0.39, 0.29) is 51.2 Å². The minimum absolute atomic E-state index is 0.0486. The number of aliphatic hydroxyl groups excluding tert-OH is 3. The second kappa shape index (κ2) is 24.2. The van der Waals surface area contributed by atoms with Crippen LogP contribution in [-0.4, -0.2) is 152 Å². The van der Waals surface area contributed by atoms with Gasteiger partial charge < -0.3 is 64.3 Å². The van der Waals surface area contributed by atoms with Gasteiger partial charge in [-0.05, 0) is 84.4 Å². The number of carbonyl (C=O) groups is 4. The van der Waals surface area contributed by atoms with Crippen LogP contribution in [0.4, 0.5) is 4.79 Å². The summed E-state index contributed by atoms with van der Waals surface area (Å²) in [4.78, 5) is 57.0. The number of amides is 2. The van der Waals surface area contributed by atoms with E-state index in [1.165, 1.54) is 25.8 Å². The zero-order chi connectivity index (χ0) is 49.1. The van der Waals surface area contributed by atoms with E-state index >= 15 is 0 Å². The first kappa shape index (κ1) is 54.4. The van der Waals surface area contributed by atoms with Gasteiger partial charge >= 0.3 is 18.0 Å². The van der Waals surface area contributed by atoms with Crippen LogP contribution in [0.5, 0.6) is 0 Å². The summed E-state index contributed by atoms with van der Waals surface area (Å²) < 4.78 is 29.3. The quantitative estimate of drug-likeness (QED) is 0.124. The van der Waals surface area contributed by atoms with Gasteiger partial charge in [-0.15, -0.1) is 0 Å². The number of benzene rings is 2. The lowest BCUT2D eigenvalue weighted by Crippen LogP contribution is -2.60. The molecule has 2 aromatic rings. The third kappa shape index (κ3) is 14.4. The van der Waals surface area contributed by atoms with Crippen LogP contribution in [0, 0.1) is 17.8 Å². The Labute approximate surface area is 389 Å². The molecular formula is C49H75N3O14. The van der Waals surface area contributed by atoms with Gasteiger partial charge in [0.15, 0.2) is 6.29 Å². The average Bonchev–Trinajstić information content (AvgIpc) is 3.28. The van der Waals surface area contributed by atoms with Crippen molar-refractivity contribution in [2.24, 2.45) is 17.8 Å². The van der Waals surface area contributed by atoms with Gasteiger partial charge in [0.05, 0.1) is 35.9 Å². The summed E-state index contributed by atoms with van der Waals surface area (Å²) in [5.41, 5.74) is -2.08. The molecule has 0 aromatic heterocycles. The Morgan fingerprint density at radius 1 is 0.909 bits per heavy atom. The molecule has 0 bridgehead atoms. The molecule has 0 saturated carbocycles. The average molecular weight is 930 g/mol. The van der Waals surface area contributed by atoms with Crippen LogP contribution >= 0.6 is 0 Å². The smallest absolute Gasteiger partial charge is 0.408 e. The maximum Gasteiger partial charge on any atom is 0.408 e. The Balaban J connectivity index is 1.53. The molecule has 0 spiro atoms. The monoisotopic (exact) mass is 930 g/mol. The summed E-state index contributed by atoms with van der Waals surface area (Å²) in [5.74, 6) is -4.46. The van der Waals surface area contributed by atoms with Crippen molar-refractivity contribution in [2.75, 3.05) is 20.6 Å². The molecule has 4 rings (SSSR count). The Morgan fingerprint density at radius 2 is 1.48 bits per heavy atom. The normalized spacial score (nSPS) is 34.4. The van der Waals surface area contributed by atoms with E-state index in [4.69, 9.17) is 23.7 Å². The van der Waals surface area contributed by atoms with Gasteiger partial charge in [-0.25, -0.2) is 9.59 Å². The van der Waals surface area contributed by atoms with Gasteiger partial charge in [-0.2, -0.15) is 0 Å². The molecule has 370 valence electrons. The lowest BCUT2D eigenvalue weighted by atomic mass is 9.78. The van der Waals surface area contributed by atoms with Crippen LogP contribution < -0.4 is 5.32 Å². The largest absolute Gasteiger partial charge is 0.459 e. The molecule has 15 atom stereocenters. The minimum Gasteiger partial charge on any atom is -0.459 e. The highest BCUT2D eigenvalue weighted by atomic mass is 16.7. The van der Waals surface area contributed by atoms with Crippen LogP contribution in [-0.2, 0) is 51.3 Å². The zero-order valence-corrected chi connectivity index (χ0v) is 40.2. The molecule has 6 N–H and O–H groups in total. The topological polar surface area (TPSA) is 234 Å². The zero-order valence-electron chi connectivity index (χ0n) is 40.2. The van der Waals surface area contributed by atoms with Crippen molar-refractivity contribution in [2.45, 2.75) is 173 Å². The Kier molecular flexibility index (Phi) is 19.9. The van der Waals surface area contributed by atoms with Crippen molar-refractivity contribution in [3.8, 4) is 0 Å². The van der Waals surface area contributed by atoms with Gasteiger partial charge in [0.2, 0.25) is 5.91 Å². The Hall–Kier alpha value is -4.20. The van der Waals surface area contributed by atoms with E-state index in [2.05, 4.69) is 5.32 Å². The fourth-order valence-electron chi connectivity index (χ4n) is 9.22. The van der Waals surface area contributed by atoms with E-state index in [1.54, 1.807) is 90.2 Å². The number of nitrogens with zero attached hydrogens (tertiary/aromatic N) is 2. The molecule has 17 nitrogen and oxygen atoms in total. The maximum atomic E-state index is 13.9. The molecule has 2 fully saturated rings. The molecule has 2 aliphatic heterocycles. The Morgan fingerprint density at radius 3 is 2.06 bits per heavy atom. The van der Waals surface area contributed by atoms with Crippen LogP contribution in [0.25, 0.3) is 0 Å². The molecule has 2 saturated heterocycles. The van der Waals surface area contributed by atoms with Crippen LogP contribution in [0.15, 0.2) is 60.7 Å². The number of ether oxygens (including phenoxy) is 5. The third-order valence-corrected chi connectivity index (χ3v) is 13.4. The third-order valence-electron chi connectivity index (χ3n) is 13.4. The lowest BCUT2D eigenvalue weighted by Gasteiger charge is -2.47. The lowest BCUT2D eigenvalue weighted by molar-refractivity contribution is -0.299. The molecule has 0 radical (unpaired) electrons. The van der Waals surface area contributed by atoms with Crippen LogP contribution in [0.1, 0.15) is 98.6 Å². The molecule has 2 heterocycles. The molecule has 2 amide bonds. The fraction of sp³-hybridized carbons (Fsp3) is 0.673. The van der Waals surface area contributed by atoms with E-state index in [1.807, 2.05) is 24.0 Å². The van der Waals surface area contributed by atoms with Crippen LogP contribution in [0.2, 0.25) is 0 Å². The summed E-state index contributed by atoms with van der Waals surface area (Å²) in [6.07, 6.45) is -9.41. The number of likely N-dealkylation sites (N-methyl/N-ethyl adjacent to an activating group) is 2. The highest BCUT2D eigenvalue weighted by molar-refractivity contribution is 5.83. The molecule has 0 aliphatic carbocycles. The van der Waals surface area contributed by atoms with Crippen LogP contribution in [0.3, 0.4) is 0 Å². The molecule has 17 heteroatoms. The number of alkyl carbamates (subject to hydrolysis) is 1. The van der Waals surface area contributed by atoms with Crippen molar-refractivity contribution >= 4 is 23.9 Å². The molecule has 1 unspecified atom stereocenters. The minimum atomic E-state index is -1.84. The van der Waals surface area contributed by atoms with Crippen molar-refractivity contribution in [3.63, 3.8) is 0 Å². The number of nitrogens with one attached hydrogen (secondary N) is 1. The van der Waals surface area contributed by atoms with Gasteiger partial charge in [0, 0.05) is 32.0 Å². The SMILES string of the molecule is CC[C@H]1OC(=O)[C@H](C)[C@@H](O)[C@H](C)[C@@H](O[C@@H]2O[C@H](C)C[C@H](N(C)C(=O)CCC(NC(=O)OCc3ccccc3)C(=O)OCc3ccccc3)[C@H]2O)[C@](C)(O)C[C@@H](C)CN(C)[C@H](C)[C@@H](O)[C@]1(C)O. The highest BCUT2D eigenvalue weighted by Gasteiger charge is 2.50. The first-order valence-corrected chi connectivity index (χ1v) is 23.1. The molecule has 2 aromatic carbocycles. The highest BCUT2D eigenvalue weighted by Crippen LogP contribution is 2.37. The van der Waals surface area contributed by atoms with Gasteiger partial charge in [-0.3, -0.25) is 9.59 Å². The number of aliphatic hydroxyl groups is 5. The predicted octanol–water partition coefficient (Wildman–Crippen LogP) is 3.69. The summed E-state index contributed by atoms with van der Waals surface area (Å²) >= 11 is 0. The summed E-state index contributed by atoms with van der Waals surface area (Å²) in [5, 5.41) is 61.4. The molecular weight excluding hydrogens is 855 g/mol. The molecule has 2 aliphatic rings. The van der Waals surface area contributed by atoms with Crippen molar-refractivity contribution < 1.29 is 68.4 Å². The van der Waals surface area contributed by atoms with Gasteiger partial charge in [0.1, 0.15) is 43.2 Å². The second-order valence-corrected chi connectivity index (χ2v) is 19.1. The maximum absolute atomic E-state index is 13.9. The number of cyclic esters (lactones) is 1. The van der Waals surface area contributed by atoms with E-state index in [0.717, 1.165) is 11.1 Å². The summed E-state index contributed by atoms with van der Waals surface area (Å²) in [6.45, 7) is 13.4. The fourth-order valence-corrected chi connectivity index (χ4v) is 9.22. The number of hydrogen-bond donors (Lipinski definition) is 6. The number of esters is 2. The van der Waals surface area contributed by atoms with E-state index in [9.17, 15) is 44.7 Å². The standard InChI is InChI=1S/C49H75N3O14/c1-11-38-49(8,61)42(56)33(6)51(9)26-29(2)25-48(7,60)43(31(4)40(54)32(5)44(57)65-38)66-46-41(55)37(24-30(3)64-46)52(10)39(53)23-22-36(45(58)62-27-34-18-14-12-15-19-34)50-47(59)63-28-35-20-16-13-17-21-35/h12-21,29-33,36-38,40-43,46,54-56,60-61H,11,22-28H2,1-10H3,(H,50,59)/t29-,30-,31+,32-,33-,36?,37+,38-,40+,41-,42-,43-,46+,48-,49-/m1/s1. The van der Waals surface area contributed by atoms with Gasteiger partial charge in [-0.1, -0.05) is 81.4 Å². The number of carbonyl (C=O) groups excluding carboxylic acids is 4.